The number of H-pyrrole nitrogens is 1. The third-order valence-corrected chi connectivity index (χ3v) is 1.85. The standard InChI is InChI=1S/C9H6F5NO4/c1-18-8(17)5-6(19-9(12,13)14)4(16)2-3(15-5)7(10)11/h2,7H,1H3,(H,15,16). The van der Waals surface area contributed by atoms with Crippen molar-refractivity contribution in [1.29, 1.82) is 0 Å². The van der Waals surface area contributed by atoms with Crippen LogP contribution in [0.25, 0.3) is 0 Å². The van der Waals surface area contributed by atoms with Gasteiger partial charge in [0.1, 0.15) is 0 Å². The zero-order chi connectivity index (χ0) is 14.8. The Balaban J connectivity index is 3.44. The lowest BCUT2D eigenvalue weighted by Gasteiger charge is -2.12. The molecule has 10 heteroatoms. The number of carbonyl (C=O) groups excluding carboxylic acids is 1. The summed E-state index contributed by atoms with van der Waals surface area (Å²) in [4.78, 5) is 24.1. The first-order valence-corrected chi connectivity index (χ1v) is 4.55. The number of alkyl halides is 5. The normalized spacial score (nSPS) is 11.5. The Morgan fingerprint density at radius 3 is 2.37 bits per heavy atom. The third-order valence-electron chi connectivity index (χ3n) is 1.85. The highest BCUT2D eigenvalue weighted by atomic mass is 19.4. The van der Waals surface area contributed by atoms with E-state index in [0.717, 1.165) is 7.11 Å². The Morgan fingerprint density at radius 1 is 1.37 bits per heavy atom. The average Bonchev–Trinajstić information content (AvgIpc) is 2.28. The third kappa shape index (κ3) is 3.66. The molecule has 1 rings (SSSR count). The van der Waals surface area contributed by atoms with Crippen molar-refractivity contribution in [1.82, 2.24) is 4.98 Å². The molecule has 0 radical (unpaired) electrons. The molecule has 5 nitrogen and oxygen atoms in total. The van der Waals surface area contributed by atoms with Gasteiger partial charge in [0.15, 0.2) is 5.69 Å². The van der Waals surface area contributed by atoms with Crippen molar-refractivity contribution >= 4 is 5.97 Å². The Morgan fingerprint density at radius 2 is 1.95 bits per heavy atom. The number of halogens is 5. The van der Waals surface area contributed by atoms with E-state index >= 15 is 0 Å². The lowest BCUT2D eigenvalue weighted by atomic mass is 10.2. The van der Waals surface area contributed by atoms with E-state index in [9.17, 15) is 31.5 Å². The summed E-state index contributed by atoms with van der Waals surface area (Å²) >= 11 is 0. The second-order valence-electron chi connectivity index (χ2n) is 3.13. The summed E-state index contributed by atoms with van der Waals surface area (Å²) in [5.74, 6) is -2.90. The van der Waals surface area contributed by atoms with Gasteiger partial charge in [0, 0.05) is 6.07 Å². The van der Waals surface area contributed by atoms with Crippen molar-refractivity contribution < 1.29 is 36.2 Å². The fraction of sp³-hybridized carbons (Fsp3) is 0.333. The van der Waals surface area contributed by atoms with Crippen LogP contribution in [-0.2, 0) is 4.74 Å². The largest absolute Gasteiger partial charge is 0.573 e. The van der Waals surface area contributed by atoms with Crippen molar-refractivity contribution in [3.05, 3.63) is 27.7 Å². The van der Waals surface area contributed by atoms with E-state index in [1.54, 1.807) is 4.98 Å². The van der Waals surface area contributed by atoms with Crippen LogP contribution in [0.1, 0.15) is 22.6 Å². The van der Waals surface area contributed by atoms with Gasteiger partial charge in [-0.25, -0.2) is 13.6 Å². The van der Waals surface area contributed by atoms with Crippen LogP contribution in [-0.4, -0.2) is 24.4 Å². The van der Waals surface area contributed by atoms with Crippen molar-refractivity contribution in [2.24, 2.45) is 0 Å². The zero-order valence-electron chi connectivity index (χ0n) is 9.18. The predicted octanol–water partition coefficient (Wildman–Crippen LogP) is 2.00. The zero-order valence-corrected chi connectivity index (χ0v) is 9.18. The lowest BCUT2D eigenvalue weighted by Crippen LogP contribution is -2.25. The monoisotopic (exact) mass is 287 g/mol. The molecule has 0 bridgehead atoms. The minimum atomic E-state index is -5.26. The Kier molecular flexibility index (Phi) is 4.12. The Labute approximate surface area is 101 Å². The van der Waals surface area contributed by atoms with E-state index in [0.29, 0.717) is 0 Å². The summed E-state index contributed by atoms with van der Waals surface area (Å²) in [7, 11) is 0.799. The number of pyridine rings is 1. The number of nitrogens with one attached hydrogen (secondary N) is 1. The predicted molar refractivity (Wildman–Crippen MR) is 50.0 cm³/mol. The van der Waals surface area contributed by atoms with Crippen LogP contribution >= 0.6 is 0 Å². The molecule has 1 N–H and O–H groups in total. The molecular formula is C9H6F5NO4. The van der Waals surface area contributed by atoms with Crippen LogP contribution in [0.5, 0.6) is 5.75 Å². The van der Waals surface area contributed by atoms with Crippen LogP contribution in [0.3, 0.4) is 0 Å². The number of carbonyl (C=O) groups is 1. The van der Waals surface area contributed by atoms with Gasteiger partial charge < -0.3 is 14.5 Å². The minimum Gasteiger partial charge on any atom is -0.464 e. The lowest BCUT2D eigenvalue weighted by molar-refractivity contribution is -0.275. The maximum atomic E-state index is 12.4. The van der Waals surface area contributed by atoms with Crippen LogP contribution in [0.4, 0.5) is 22.0 Å². The molecule has 1 aromatic heterocycles. The molecule has 0 unspecified atom stereocenters. The second kappa shape index (κ2) is 5.24. The number of methoxy groups -OCH3 is 1. The highest BCUT2D eigenvalue weighted by molar-refractivity contribution is 5.90. The maximum absolute atomic E-state index is 12.4. The maximum Gasteiger partial charge on any atom is 0.573 e. The quantitative estimate of drug-likeness (QED) is 0.682. The molecule has 19 heavy (non-hydrogen) atoms. The molecule has 0 aliphatic heterocycles. The highest BCUT2D eigenvalue weighted by Crippen LogP contribution is 2.25. The Bertz CT molecular complexity index is 536. The summed E-state index contributed by atoms with van der Waals surface area (Å²) < 4.78 is 68.3. The molecule has 1 aromatic rings. The van der Waals surface area contributed by atoms with E-state index in [1.807, 2.05) is 0 Å². The van der Waals surface area contributed by atoms with Crippen LogP contribution in [0, 0.1) is 0 Å². The van der Waals surface area contributed by atoms with Crippen LogP contribution in [0.2, 0.25) is 0 Å². The van der Waals surface area contributed by atoms with Gasteiger partial charge >= 0.3 is 12.3 Å². The van der Waals surface area contributed by atoms with E-state index in [1.165, 1.54) is 0 Å². The van der Waals surface area contributed by atoms with Gasteiger partial charge in [-0.1, -0.05) is 0 Å². The molecule has 0 aliphatic rings. The SMILES string of the molecule is COC(=O)c1[nH]c(C(F)F)cc(=O)c1OC(F)(F)F. The number of esters is 1. The molecule has 0 atom stereocenters. The molecule has 0 amide bonds. The fourth-order valence-electron chi connectivity index (χ4n) is 1.15. The van der Waals surface area contributed by atoms with Gasteiger partial charge in [-0.2, -0.15) is 0 Å². The highest BCUT2D eigenvalue weighted by Gasteiger charge is 2.35. The van der Waals surface area contributed by atoms with E-state index in [-0.39, 0.29) is 6.07 Å². The molecule has 0 saturated heterocycles. The van der Waals surface area contributed by atoms with E-state index in [4.69, 9.17) is 0 Å². The summed E-state index contributed by atoms with van der Waals surface area (Å²) in [6.07, 6.45) is -8.45. The van der Waals surface area contributed by atoms with Crippen LogP contribution < -0.4 is 10.2 Å². The molecule has 0 aliphatic carbocycles. The number of hydrogen-bond acceptors (Lipinski definition) is 4. The van der Waals surface area contributed by atoms with E-state index < -0.39 is 41.3 Å². The Hall–Kier alpha value is -2.13. The van der Waals surface area contributed by atoms with Gasteiger partial charge in [0.2, 0.25) is 11.2 Å². The first-order valence-electron chi connectivity index (χ1n) is 4.55. The number of aromatic nitrogens is 1. The van der Waals surface area contributed by atoms with Crippen molar-refractivity contribution in [3.8, 4) is 5.75 Å². The first kappa shape index (κ1) is 14.9. The first-order chi connectivity index (χ1) is 8.65. The van der Waals surface area contributed by atoms with Crippen LogP contribution in [0.15, 0.2) is 10.9 Å². The minimum absolute atomic E-state index is 0.207. The van der Waals surface area contributed by atoms with E-state index in [2.05, 4.69) is 9.47 Å². The van der Waals surface area contributed by atoms with Gasteiger partial charge in [-0.3, -0.25) is 4.79 Å². The summed E-state index contributed by atoms with van der Waals surface area (Å²) in [5, 5.41) is 0. The molecule has 0 aromatic carbocycles. The molecular weight excluding hydrogens is 281 g/mol. The summed E-state index contributed by atoms with van der Waals surface area (Å²) in [6, 6.07) is 0.207. The molecule has 106 valence electrons. The molecule has 0 spiro atoms. The molecule has 1 heterocycles. The van der Waals surface area contributed by atoms with Gasteiger partial charge in [-0.15, -0.1) is 13.2 Å². The topological polar surface area (TPSA) is 68.4 Å². The average molecular weight is 287 g/mol. The number of rotatable bonds is 3. The molecule has 0 fully saturated rings. The number of aromatic amines is 1. The summed E-state index contributed by atoms with van der Waals surface area (Å²) in [6.45, 7) is 0. The van der Waals surface area contributed by atoms with Gasteiger partial charge in [-0.05, 0) is 0 Å². The smallest absolute Gasteiger partial charge is 0.464 e. The van der Waals surface area contributed by atoms with Crippen molar-refractivity contribution in [2.45, 2.75) is 12.8 Å². The summed E-state index contributed by atoms with van der Waals surface area (Å²) in [5.41, 5.74) is -3.69. The second-order valence-corrected chi connectivity index (χ2v) is 3.13. The number of ether oxygens (including phenoxy) is 2. The van der Waals surface area contributed by atoms with Gasteiger partial charge in [0.05, 0.1) is 12.8 Å². The van der Waals surface area contributed by atoms with Gasteiger partial charge in [0.25, 0.3) is 6.43 Å². The number of hydrogen-bond donors (Lipinski definition) is 1. The molecule has 0 saturated carbocycles. The fourth-order valence-corrected chi connectivity index (χ4v) is 1.15. The van der Waals surface area contributed by atoms with Crippen molar-refractivity contribution in [2.75, 3.05) is 7.11 Å². The van der Waals surface area contributed by atoms with Crippen molar-refractivity contribution in [3.63, 3.8) is 0 Å².